The molecule has 0 fully saturated rings. The van der Waals surface area contributed by atoms with Crippen molar-refractivity contribution in [3.63, 3.8) is 0 Å². The second-order valence-electron chi connectivity index (χ2n) is 11.0. The van der Waals surface area contributed by atoms with Crippen LogP contribution in [0.1, 0.15) is 51.3 Å². The fourth-order valence-corrected chi connectivity index (χ4v) is 5.59. The molecule has 0 aliphatic heterocycles. The molecule has 2 unspecified atom stereocenters. The van der Waals surface area contributed by atoms with Gasteiger partial charge in [-0.1, -0.05) is 119 Å². The Balaban J connectivity index is 2.03. The van der Waals surface area contributed by atoms with Crippen molar-refractivity contribution >= 4 is 14.1 Å². The van der Waals surface area contributed by atoms with Gasteiger partial charge in [-0.3, -0.25) is 4.79 Å². The smallest absolute Gasteiger partial charge is 0.193 e. The lowest BCUT2D eigenvalue weighted by atomic mass is 9.80. The van der Waals surface area contributed by atoms with Gasteiger partial charge in [-0.15, -0.1) is 0 Å². The van der Waals surface area contributed by atoms with Crippen LogP contribution >= 0.6 is 0 Å². The van der Waals surface area contributed by atoms with E-state index in [2.05, 4.69) is 77.2 Å². The van der Waals surface area contributed by atoms with Crippen LogP contribution in [-0.4, -0.2) is 26.8 Å². The molecule has 0 heterocycles. The van der Waals surface area contributed by atoms with Crippen molar-refractivity contribution in [2.75, 3.05) is 6.61 Å². The van der Waals surface area contributed by atoms with Crippen molar-refractivity contribution in [3.05, 3.63) is 108 Å². The fourth-order valence-electron chi connectivity index (χ4n) is 4.21. The largest absolute Gasteiger partial charge is 0.407 e. The zero-order chi connectivity index (χ0) is 25.7. The summed E-state index contributed by atoms with van der Waals surface area (Å²) in [5.74, 6) is -0.0622. The number of ether oxygens (including phenoxy) is 1. The second kappa shape index (κ2) is 11.0. The van der Waals surface area contributed by atoms with Crippen LogP contribution in [0.15, 0.2) is 91.0 Å². The molecule has 0 spiro atoms. The highest BCUT2D eigenvalue weighted by Gasteiger charge is 2.43. The summed E-state index contributed by atoms with van der Waals surface area (Å²) in [5.41, 5.74) is 2.34. The van der Waals surface area contributed by atoms with Gasteiger partial charge in [0.05, 0.1) is 6.61 Å². The third-order valence-electron chi connectivity index (χ3n) is 7.25. The Labute approximate surface area is 212 Å². The average molecular weight is 489 g/mol. The number of hydrogen-bond acceptors (Lipinski definition) is 3. The maximum atomic E-state index is 12.8. The summed E-state index contributed by atoms with van der Waals surface area (Å²) in [5, 5.41) is 0.0170. The van der Waals surface area contributed by atoms with Gasteiger partial charge in [0.15, 0.2) is 14.1 Å². The molecule has 0 amide bonds. The van der Waals surface area contributed by atoms with Crippen LogP contribution in [0.4, 0.5) is 0 Å². The molecule has 2 atom stereocenters. The number of Topliss-reactive ketones (excluding diaryl/α,β-unsaturated/α-hetero) is 1. The van der Waals surface area contributed by atoms with Crippen molar-refractivity contribution in [2.45, 2.75) is 64.5 Å². The van der Waals surface area contributed by atoms with E-state index in [-0.39, 0.29) is 16.7 Å². The molecule has 0 saturated heterocycles. The molecule has 3 aromatic carbocycles. The molecule has 0 aliphatic carbocycles. The van der Waals surface area contributed by atoms with E-state index >= 15 is 0 Å². The number of benzene rings is 3. The van der Waals surface area contributed by atoms with Gasteiger partial charge in [-0.2, -0.15) is 0 Å². The Morgan fingerprint density at radius 3 is 1.46 bits per heavy atom. The minimum Gasteiger partial charge on any atom is -0.407 e. The molecule has 0 N–H and O–H groups in total. The second-order valence-corrected chi connectivity index (χ2v) is 15.7. The van der Waals surface area contributed by atoms with E-state index in [1.807, 2.05) is 54.6 Å². The SMILES string of the molecule is CC(=O)C(O[Si](C)(C)C(C)(C)C)C(C)COC(c1ccccc1)(c1ccccc1)c1ccccc1. The quantitative estimate of drug-likeness (QED) is 0.218. The molecular weight excluding hydrogens is 448 g/mol. The first-order chi connectivity index (χ1) is 16.5. The molecule has 0 aliphatic rings. The third-order valence-corrected chi connectivity index (χ3v) is 11.7. The van der Waals surface area contributed by atoms with E-state index in [0.29, 0.717) is 6.61 Å². The van der Waals surface area contributed by atoms with Gasteiger partial charge in [-0.05, 0) is 41.7 Å². The number of carbonyl (C=O) groups is 1. The van der Waals surface area contributed by atoms with Crippen molar-refractivity contribution < 1.29 is 14.0 Å². The maximum absolute atomic E-state index is 12.8. The molecule has 0 saturated carbocycles. The van der Waals surface area contributed by atoms with E-state index in [0.717, 1.165) is 16.7 Å². The predicted octanol–water partition coefficient (Wildman–Crippen LogP) is 7.61. The highest BCUT2D eigenvalue weighted by Crippen LogP contribution is 2.42. The first-order valence-electron chi connectivity index (χ1n) is 12.5. The zero-order valence-corrected chi connectivity index (χ0v) is 23.2. The van der Waals surface area contributed by atoms with Gasteiger partial charge >= 0.3 is 0 Å². The Morgan fingerprint density at radius 2 is 1.14 bits per heavy atom. The standard InChI is InChI=1S/C31H40O3Si/c1-24(29(25(2)32)34-35(6,7)30(3,4)5)23-33-31(26-17-11-8-12-18-26,27-19-13-9-14-20-27)28-21-15-10-16-22-28/h8-22,24,29H,23H2,1-7H3. The first kappa shape index (κ1) is 27.1. The van der Waals surface area contributed by atoms with Crippen LogP contribution in [-0.2, 0) is 19.6 Å². The van der Waals surface area contributed by atoms with Gasteiger partial charge in [0.2, 0.25) is 0 Å². The van der Waals surface area contributed by atoms with Crippen molar-refractivity contribution in [3.8, 4) is 0 Å². The number of hydrogen-bond donors (Lipinski definition) is 0. The molecule has 0 radical (unpaired) electrons. The molecule has 3 nitrogen and oxygen atoms in total. The monoisotopic (exact) mass is 488 g/mol. The minimum atomic E-state index is -2.14. The van der Waals surface area contributed by atoms with Crippen LogP contribution in [0.3, 0.4) is 0 Å². The van der Waals surface area contributed by atoms with E-state index in [9.17, 15) is 4.79 Å². The molecule has 3 rings (SSSR count). The van der Waals surface area contributed by atoms with Gasteiger partial charge < -0.3 is 9.16 Å². The molecule has 35 heavy (non-hydrogen) atoms. The number of rotatable bonds is 10. The van der Waals surface area contributed by atoms with Crippen LogP contribution < -0.4 is 0 Å². The van der Waals surface area contributed by atoms with Crippen molar-refractivity contribution in [1.82, 2.24) is 0 Å². The van der Waals surface area contributed by atoms with E-state index in [1.165, 1.54) is 0 Å². The van der Waals surface area contributed by atoms with Crippen LogP contribution in [0.5, 0.6) is 0 Å². The molecule has 186 valence electrons. The Kier molecular flexibility index (Phi) is 8.53. The normalized spacial score (nSPS) is 14.4. The lowest BCUT2D eigenvalue weighted by Crippen LogP contribution is -2.48. The molecule has 0 aromatic heterocycles. The van der Waals surface area contributed by atoms with E-state index < -0.39 is 20.0 Å². The summed E-state index contributed by atoms with van der Waals surface area (Å²) in [4.78, 5) is 12.8. The van der Waals surface area contributed by atoms with Crippen LogP contribution in [0.25, 0.3) is 0 Å². The minimum absolute atomic E-state index is 0.0170. The highest BCUT2D eigenvalue weighted by atomic mass is 28.4. The number of ketones is 1. The molecule has 3 aromatic rings. The summed E-state index contributed by atoms with van der Waals surface area (Å²) >= 11 is 0. The topological polar surface area (TPSA) is 35.5 Å². The summed E-state index contributed by atoms with van der Waals surface area (Å²) in [7, 11) is -2.14. The summed E-state index contributed by atoms with van der Waals surface area (Å²) < 4.78 is 13.6. The summed E-state index contributed by atoms with van der Waals surface area (Å²) in [6, 6.07) is 31.0. The maximum Gasteiger partial charge on any atom is 0.193 e. The molecular formula is C31H40O3Si. The van der Waals surface area contributed by atoms with Gasteiger partial charge in [0.25, 0.3) is 0 Å². The fraction of sp³-hybridized carbons (Fsp3) is 0.387. The molecule has 0 bridgehead atoms. The molecule has 4 heteroatoms. The zero-order valence-electron chi connectivity index (χ0n) is 22.2. The van der Waals surface area contributed by atoms with Gasteiger partial charge in [-0.25, -0.2) is 0 Å². The summed E-state index contributed by atoms with van der Waals surface area (Å²) in [6.07, 6.45) is -0.504. The number of carbonyl (C=O) groups excluding carboxylic acids is 1. The van der Waals surface area contributed by atoms with Crippen molar-refractivity contribution in [1.29, 1.82) is 0 Å². The lowest BCUT2D eigenvalue weighted by Gasteiger charge is -2.41. The Bertz CT molecular complexity index is 976. The lowest BCUT2D eigenvalue weighted by molar-refractivity contribution is -0.128. The third kappa shape index (κ3) is 6.00. The van der Waals surface area contributed by atoms with Crippen LogP contribution in [0, 0.1) is 5.92 Å². The van der Waals surface area contributed by atoms with Gasteiger partial charge in [0, 0.05) is 5.92 Å². The Hall–Kier alpha value is -2.53. The first-order valence-corrected chi connectivity index (χ1v) is 15.4. The van der Waals surface area contributed by atoms with E-state index in [1.54, 1.807) is 6.92 Å². The van der Waals surface area contributed by atoms with Crippen LogP contribution in [0.2, 0.25) is 18.1 Å². The predicted molar refractivity (Wildman–Crippen MR) is 147 cm³/mol. The van der Waals surface area contributed by atoms with Crippen molar-refractivity contribution in [2.24, 2.45) is 5.92 Å². The summed E-state index contributed by atoms with van der Waals surface area (Å²) in [6.45, 7) is 15.0. The highest BCUT2D eigenvalue weighted by molar-refractivity contribution is 6.74. The average Bonchev–Trinajstić information content (AvgIpc) is 2.84. The van der Waals surface area contributed by atoms with E-state index in [4.69, 9.17) is 9.16 Å². The Morgan fingerprint density at radius 1 is 0.771 bits per heavy atom. The van der Waals surface area contributed by atoms with Gasteiger partial charge in [0.1, 0.15) is 11.7 Å².